The van der Waals surface area contributed by atoms with E-state index in [1.54, 1.807) is 0 Å². The van der Waals surface area contributed by atoms with Crippen LogP contribution in [0.4, 0.5) is 0 Å². The maximum Gasteiger partial charge on any atom is 0.320 e. The summed E-state index contributed by atoms with van der Waals surface area (Å²) < 4.78 is 1.90. The van der Waals surface area contributed by atoms with Gasteiger partial charge in [-0.15, -0.1) is 0 Å². The molecule has 0 aliphatic carbocycles. The lowest BCUT2D eigenvalue weighted by Crippen LogP contribution is -2.38. The van der Waals surface area contributed by atoms with Gasteiger partial charge in [-0.3, -0.25) is 9.48 Å². The highest BCUT2D eigenvalue weighted by molar-refractivity contribution is 5.73. The smallest absolute Gasteiger partial charge is 0.320 e. The number of hydrogen-bond acceptors (Lipinski definition) is 3. The molecule has 18 heavy (non-hydrogen) atoms. The van der Waals surface area contributed by atoms with Gasteiger partial charge in [0.25, 0.3) is 0 Å². The van der Waals surface area contributed by atoms with Gasteiger partial charge in [-0.2, -0.15) is 5.10 Å². The van der Waals surface area contributed by atoms with E-state index in [1.165, 1.54) is 5.56 Å². The van der Waals surface area contributed by atoms with Crippen LogP contribution in [0, 0.1) is 20.8 Å². The Morgan fingerprint density at radius 3 is 2.56 bits per heavy atom. The van der Waals surface area contributed by atoms with Crippen LogP contribution in [-0.4, -0.2) is 33.4 Å². The van der Waals surface area contributed by atoms with Gasteiger partial charge in [0.15, 0.2) is 0 Å². The fourth-order valence-electron chi connectivity index (χ4n) is 1.89. The van der Waals surface area contributed by atoms with Gasteiger partial charge in [-0.05, 0) is 45.7 Å². The van der Waals surface area contributed by atoms with Crippen molar-refractivity contribution in [1.29, 1.82) is 0 Å². The third-order valence-electron chi connectivity index (χ3n) is 3.31. The summed E-state index contributed by atoms with van der Waals surface area (Å²) in [5.74, 6) is -0.790. The number of rotatable bonds is 7. The van der Waals surface area contributed by atoms with E-state index in [4.69, 9.17) is 5.11 Å². The second-order valence-corrected chi connectivity index (χ2v) is 4.65. The second kappa shape index (κ2) is 6.54. The zero-order valence-electron chi connectivity index (χ0n) is 11.7. The molecule has 1 atom stereocenters. The highest BCUT2D eigenvalue weighted by atomic mass is 16.4. The molecule has 0 radical (unpaired) electrons. The van der Waals surface area contributed by atoms with Crippen LogP contribution < -0.4 is 5.32 Å². The van der Waals surface area contributed by atoms with Crippen molar-refractivity contribution in [3.63, 3.8) is 0 Å². The Morgan fingerprint density at radius 2 is 2.11 bits per heavy atom. The number of aliphatic carboxylic acids is 1. The molecule has 0 bridgehead atoms. The van der Waals surface area contributed by atoms with E-state index in [1.807, 2.05) is 32.4 Å². The number of carboxylic acid groups (broad SMARTS) is 1. The Kier molecular flexibility index (Phi) is 5.34. The molecule has 0 saturated heterocycles. The Balaban J connectivity index is 2.61. The van der Waals surface area contributed by atoms with Crippen LogP contribution in [0.25, 0.3) is 0 Å². The quantitative estimate of drug-likeness (QED) is 0.775. The number of nitrogens with one attached hydrogen (secondary N) is 1. The zero-order chi connectivity index (χ0) is 13.7. The zero-order valence-corrected chi connectivity index (χ0v) is 11.7. The van der Waals surface area contributed by atoms with Crippen molar-refractivity contribution < 1.29 is 9.90 Å². The Labute approximate surface area is 108 Å². The third-order valence-corrected chi connectivity index (χ3v) is 3.31. The van der Waals surface area contributed by atoms with Crippen LogP contribution in [0.5, 0.6) is 0 Å². The highest BCUT2D eigenvalue weighted by Crippen LogP contribution is 2.11. The summed E-state index contributed by atoms with van der Waals surface area (Å²) in [6.07, 6.45) is 1.49. The molecule has 0 fully saturated rings. The third kappa shape index (κ3) is 3.57. The van der Waals surface area contributed by atoms with Crippen molar-refractivity contribution >= 4 is 5.97 Å². The molecule has 5 heteroatoms. The molecule has 1 heterocycles. The summed E-state index contributed by atoms with van der Waals surface area (Å²) in [6.45, 7) is 9.42. The van der Waals surface area contributed by atoms with Crippen LogP contribution in [0.3, 0.4) is 0 Å². The normalized spacial score (nSPS) is 12.7. The van der Waals surface area contributed by atoms with Gasteiger partial charge in [-0.25, -0.2) is 0 Å². The lowest BCUT2D eigenvalue weighted by atomic mass is 10.2. The molecular formula is C13H23N3O2. The van der Waals surface area contributed by atoms with Gasteiger partial charge in [0.05, 0.1) is 5.69 Å². The van der Waals surface area contributed by atoms with Gasteiger partial charge in [0.1, 0.15) is 6.04 Å². The molecule has 0 aromatic carbocycles. The number of aromatic nitrogens is 2. The van der Waals surface area contributed by atoms with Gasteiger partial charge >= 0.3 is 5.97 Å². The van der Waals surface area contributed by atoms with E-state index in [0.29, 0.717) is 13.0 Å². The summed E-state index contributed by atoms with van der Waals surface area (Å²) in [6, 6.07) is -0.492. The van der Waals surface area contributed by atoms with Crippen molar-refractivity contribution in [2.45, 2.75) is 53.1 Å². The molecule has 102 valence electrons. The van der Waals surface area contributed by atoms with Gasteiger partial charge in [0, 0.05) is 12.2 Å². The standard InChI is InChI=1S/C13H23N3O2/c1-5-7-14-12(13(17)18)6-8-16-11(4)9(2)10(3)15-16/h12,14H,5-8H2,1-4H3,(H,17,18). The number of carbonyl (C=O) groups is 1. The summed E-state index contributed by atoms with van der Waals surface area (Å²) in [5, 5.41) is 16.6. The highest BCUT2D eigenvalue weighted by Gasteiger charge is 2.17. The first-order valence-corrected chi connectivity index (χ1v) is 6.44. The molecule has 1 rings (SSSR count). The summed E-state index contributed by atoms with van der Waals surface area (Å²) >= 11 is 0. The predicted octanol–water partition coefficient (Wildman–Crippen LogP) is 1.65. The van der Waals surface area contributed by atoms with Crippen LogP contribution in [-0.2, 0) is 11.3 Å². The van der Waals surface area contributed by atoms with Crippen LogP contribution in [0.1, 0.15) is 36.7 Å². The molecule has 0 saturated carbocycles. The number of aryl methyl sites for hydroxylation is 2. The Bertz CT molecular complexity index is 413. The summed E-state index contributed by atoms with van der Waals surface area (Å²) in [7, 11) is 0. The van der Waals surface area contributed by atoms with E-state index < -0.39 is 12.0 Å². The molecule has 5 nitrogen and oxygen atoms in total. The molecule has 2 N–H and O–H groups in total. The maximum atomic E-state index is 11.1. The van der Waals surface area contributed by atoms with Gasteiger partial charge in [0.2, 0.25) is 0 Å². The van der Waals surface area contributed by atoms with E-state index in [-0.39, 0.29) is 0 Å². The van der Waals surface area contributed by atoms with Crippen LogP contribution in [0.15, 0.2) is 0 Å². The van der Waals surface area contributed by atoms with Crippen LogP contribution in [0.2, 0.25) is 0 Å². The largest absolute Gasteiger partial charge is 0.480 e. The van der Waals surface area contributed by atoms with E-state index in [0.717, 1.165) is 24.4 Å². The Morgan fingerprint density at radius 1 is 1.44 bits per heavy atom. The maximum absolute atomic E-state index is 11.1. The molecule has 0 aliphatic heterocycles. The van der Waals surface area contributed by atoms with Gasteiger partial charge < -0.3 is 10.4 Å². The first kappa shape index (κ1) is 14.7. The Hall–Kier alpha value is -1.36. The molecule has 0 amide bonds. The lowest BCUT2D eigenvalue weighted by Gasteiger charge is -2.14. The predicted molar refractivity (Wildman–Crippen MR) is 70.8 cm³/mol. The van der Waals surface area contributed by atoms with Crippen molar-refractivity contribution in [1.82, 2.24) is 15.1 Å². The first-order valence-electron chi connectivity index (χ1n) is 6.44. The fourth-order valence-corrected chi connectivity index (χ4v) is 1.89. The fraction of sp³-hybridized carbons (Fsp3) is 0.692. The molecule has 0 spiro atoms. The average molecular weight is 253 g/mol. The molecule has 0 aliphatic rings. The first-order chi connectivity index (χ1) is 8.47. The molecule has 1 aromatic rings. The molecule has 1 aromatic heterocycles. The minimum Gasteiger partial charge on any atom is -0.480 e. The minimum absolute atomic E-state index is 0.492. The number of hydrogen-bond donors (Lipinski definition) is 2. The van der Waals surface area contributed by atoms with E-state index >= 15 is 0 Å². The molecule has 1 unspecified atom stereocenters. The van der Waals surface area contributed by atoms with Crippen molar-refractivity contribution in [2.75, 3.05) is 6.54 Å². The monoisotopic (exact) mass is 253 g/mol. The van der Waals surface area contributed by atoms with E-state index in [2.05, 4.69) is 10.4 Å². The lowest BCUT2D eigenvalue weighted by molar-refractivity contribution is -0.139. The van der Waals surface area contributed by atoms with Crippen molar-refractivity contribution in [3.05, 3.63) is 17.0 Å². The molecular weight excluding hydrogens is 230 g/mol. The van der Waals surface area contributed by atoms with Crippen molar-refractivity contribution in [3.8, 4) is 0 Å². The summed E-state index contributed by atoms with van der Waals surface area (Å²) in [5.41, 5.74) is 3.32. The second-order valence-electron chi connectivity index (χ2n) is 4.65. The SMILES string of the molecule is CCCNC(CCn1nc(C)c(C)c1C)C(=O)O. The van der Waals surface area contributed by atoms with Gasteiger partial charge in [-0.1, -0.05) is 6.92 Å². The average Bonchev–Trinajstić information content (AvgIpc) is 2.56. The summed E-state index contributed by atoms with van der Waals surface area (Å²) in [4.78, 5) is 11.1. The topological polar surface area (TPSA) is 67.2 Å². The van der Waals surface area contributed by atoms with Crippen LogP contribution >= 0.6 is 0 Å². The van der Waals surface area contributed by atoms with Crippen molar-refractivity contribution in [2.24, 2.45) is 0 Å². The van der Waals surface area contributed by atoms with E-state index in [9.17, 15) is 4.79 Å². The number of nitrogens with zero attached hydrogens (tertiary/aromatic N) is 2. The number of carboxylic acids is 1. The minimum atomic E-state index is -0.790.